The monoisotopic (exact) mass is 223 g/mol. The summed E-state index contributed by atoms with van der Waals surface area (Å²) in [6.45, 7) is 4.85. The van der Waals surface area contributed by atoms with Gasteiger partial charge in [0.2, 0.25) is 0 Å². The smallest absolute Gasteiger partial charge is 0.169 e. The summed E-state index contributed by atoms with van der Waals surface area (Å²) in [6, 6.07) is 10.4. The summed E-state index contributed by atoms with van der Waals surface area (Å²) in [7, 11) is 3.34. The molecule has 0 unspecified atom stereocenters. The molecule has 0 heterocycles. The van der Waals surface area contributed by atoms with Crippen LogP contribution in [0.1, 0.15) is 12.5 Å². The van der Waals surface area contributed by atoms with E-state index in [1.165, 1.54) is 5.56 Å². The van der Waals surface area contributed by atoms with E-state index in [1.807, 2.05) is 6.07 Å². The fourth-order valence-corrected chi connectivity index (χ4v) is 1.60. The Labute approximate surface area is 98.0 Å². The second-order valence-corrected chi connectivity index (χ2v) is 3.71. The molecule has 0 spiro atoms. The van der Waals surface area contributed by atoms with Crippen LogP contribution in [0.15, 0.2) is 30.3 Å². The summed E-state index contributed by atoms with van der Waals surface area (Å²) in [6.07, 6.45) is -0.149. The van der Waals surface area contributed by atoms with Crippen LogP contribution in [0.5, 0.6) is 0 Å². The average molecular weight is 223 g/mol. The van der Waals surface area contributed by atoms with Crippen molar-refractivity contribution >= 4 is 0 Å². The highest BCUT2D eigenvalue weighted by Gasteiger charge is 2.11. The molecule has 1 aromatic carbocycles. The first-order valence-electron chi connectivity index (χ1n) is 5.62. The van der Waals surface area contributed by atoms with Crippen molar-refractivity contribution < 1.29 is 9.47 Å². The van der Waals surface area contributed by atoms with E-state index in [0.29, 0.717) is 0 Å². The van der Waals surface area contributed by atoms with Gasteiger partial charge in [-0.1, -0.05) is 37.3 Å². The van der Waals surface area contributed by atoms with Crippen LogP contribution in [0.2, 0.25) is 0 Å². The zero-order valence-corrected chi connectivity index (χ0v) is 10.3. The zero-order chi connectivity index (χ0) is 11.8. The average Bonchev–Trinajstić information content (AvgIpc) is 2.35. The minimum absolute atomic E-state index is 0.149. The lowest BCUT2D eigenvalue weighted by atomic mass is 10.2. The quantitative estimate of drug-likeness (QED) is 0.661. The highest BCUT2D eigenvalue weighted by Crippen LogP contribution is 2.06. The van der Waals surface area contributed by atoms with Gasteiger partial charge in [0.25, 0.3) is 0 Å². The molecule has 0 aliphatic carbocycles. The van der Waals surface area contributed by atoms with Crippen molar-refractivity contribution in [2.45, 2.75) is 19.8 Å². The largest absolute Gasteiger partial charge is 0.355 e. The van der Waals surface area contributed by atoms with Gasteiger partial charge in [-0.15, -0.1) is 0 Å². The normalized spacial score (nSPS) is 11.3. The molecule has 0 amide bonds. The maximum absolute atomic E-state index is 5.21. The maximum atomic E-state index is 5.21. The van der Waals surface area contributed by atoms with E-state index in [2.05, 4.69) is 36.1 Å². The number of hydrogen-bond donors (Lipinski definition) is 0. The predicted molar refractivity (Wildman–Crippen MR) is 65.2 cm³/mol. The van der Waals surface area contributed by atoms with E-state index >= 15 is 0 Å². The van der Waals surface area contributed by atoms with Gasteiger partial charge in [-0.25, -0.2) is 0 Å². The lowest BCUT2D eigenvalue weighted by Gasteiger charge is -2.24. The first kappa shape index (κ1) is 13.2. The van der Waals surface area contributed by atoms with E-state index in [4.69, 9.17) is 9.47 Å². The molecule has 16 heavy (non-hydrogen) atoms. The van der Waals surface area contributed by atoms with Crippen molar-refractivity contribution in [2.24, 2.45) is 0 Å². The molecular weight excluding hydrogens is 202 g/mol. The molecule has 0 atom stereocenters. The lowest BCUT2D eigenvalue weighted by molar-refractivity contribution is -0.116. The Hall–Kier alpha value is -0.900. The van der Waals surface area contributed by atoms with Crippen molar-refractivity contribution in [3.63, 3.8) is 0 Å². The Kier molecular flexibility index (Phi) is 6.08. The molecule has 1 rings (SSSR count). The van der Waals surface area contributed by atoms with Crippen LogP contribution >= 0.6 is 0 Å². The molecule has 0 aliphatic heterocycles. The summed E-state index contributed by atoms with van der Waals surface area (Å²) in [5, 5.41) is 0. The molecule has 0 radical (unpaired) electrons. The molecule has 0 saturated heterocycles. The number of nitrogens with zero attached hydrogens (tertiary/aromatic N) is 1. The van der Waals surface area contributed by atoms with E-state index in [1.54, 1.807) is 14.2 Å². The molecule has 0 bridgehead atoms. The number of rotatable bonds is 7. The number of methoxy groups -OCH3 is 2. The topological polar surface area (TPSA) is 21.7 Å². The molecule has 0 saturated carbocycles. The molecule has 0 fully saturated rings. The third-order valence-corrected chi connectivity index (χ3v) is 2.63. The van der Waals surface area contributed by atoms with Crippen LogP contribution in [0, 0.1) is 0 Å². The molecule has 3 heteroatoms. The van der Waals surface area contributed by atoms with E-state index in [-0.39, 0.29) is 6.29 Å². The van der Waals surface area contributed by atoms with Crippen molar-refractivity contribution in [3.05, 3.63) is 35.9 Å². The van der Waals surface area contributed by atoms with Crippen molar-refractivity contribution in [2.75, 3.05) is 27.3 Å². The predicted octanol–water partition coefficient (Wildman–Crippen LogP) is 2.13. The Morgan fingerprint density at radius 2 is 1.75 bits per heavy atom. The van der Waals surface area contributed by atoms with Gasteiger partial charge in [0.05, 0.1) is 0 Å². The second kappa shape index (κ2) is 7.39. The third-order valence-electron chi connectivity index (χ3n) is 2.63. The maximum Gasteiger partial charge on any atom is 0.169 e. The number of benzene rings is 1. The summed E-state index contributed by atoms with van der Waals surface area (Å²) < 4.78 is 10.4. The summed E-state index contributed by atoms with van der Waals surface area (Å²) in [5.74, 6) is 0. The second-order valence-electron chi connectivity index (χ2n) is 3.71. The Bertz CT molecular complexity index is 273. The van der Waals surface area contributed by atoms with Gasteiger partial charge in [0, 0.05) is 27.3 Å². The van der Waals surface area contributed by atoms with Crippen molar-refractivity contribution in [1.29, 1.82) is 0 Å². The number of ether oxygens (including phenoxy) is 2. The minimum Gasteiger partial charge on any atom is -0.355 e. The highest BCUT2D eigenvalue weighted by atomic mass is 16.7. The van der Waals surface area contributed by atoms with Crippen LogP contribution in [0.4, 0.5) is 0 Å². The van der Waals surface area contributed by atoms with Crippen LogP contribution in [0.3, 0.4) is 0 Å². The van der Waals surface area contributed by atoms with Gasteiger partial charge in [0.15, 0.2) is 6.29 Å². The third kappa shape index (κ3) is 4.31. The Balaban J connectivity index is 2.49. The highest BCUT2D eigenvalue weighted by molar-refractivity contribution is 5.14. The Morgan fingerprint density at radius 1 is 1.12 bits per heavy atom. The molecule has 0 aromatic heterocycles. The Morgan fingerprint density at radius 3 is 2.25 bits per heavy atom. The fourth-order valence-electron chi connectivity index (χ4n) is 1.60. The lowest BCUT2D eigenvalue weighted by Crippen LogP contribution is -2.34. The van der Waals surface area contributed by atoms with Gasteiger partial charge >= 0.3 is 0 Å². The van der Waals surface area contributed by atoms with Crippen LogP contribution < -0.4 is 0 Å². The van der Waals surface area contributed by atoms with E-state index in [9.17, 15) is 0 Å². The van der Waals surface area contributed by atoms with Crippen molar-refractivity contribution in [3.8, 4) is 0 Å². The van der Waals surface area contributed by atoms with Crippen LogP contribution in [-0.2, 0) is 16.0 Å². The molecule has 90 valence electrons. The SMILES string of the molecule is CCN(Cc1ccccc1)CC(OC)OC. The minimum atomic E-state index is -0.149. The van der Waals surface area contributed by atoms with Gasteiger partial charge in [0.1, 0.15) is 0 Å². The van der Waals surface area contributed by atoms with E-state index in [0.717, 1.165) is 19.6 Å². The van der Waals surface area contributed by atoms with Crippen LogP contribution in [-0.4, -0.2) is 38.5 Å². The number of likely N-dealkylation sites (N-methyl/N-ethyl adjacent to an activating group) is 1. The van der Waals surface area contributed by atoms with Gasteiger partial charge in [-0.3, -0.25) is 4.90 Å². The fraction of sp³-hybridized carbons (Fsp3) is 0.538. The molecular formula is C13H21NO2. The molecule has 1 aromatic rings. The summed E-state index contributed by atoms with van der Waals surface area (Å²) in [5.41, 5.74) is 1.32. The van der Waals surface area contributed by atoms with Gasteiger partial charge < -0.3 is 9.47 Å². The summed E-state index contributed by atoms with van der Waals surface area (Å²) in [4.78, 5) is 2.30. The van der Waals surface area contributed by atoms with Gasteiger partial charge in [-0.2, -0.15) is 0 Å². The van der Waals surface area contributed by atoms with Gasteiger partial charge in [-0.05, 0) is 12.1 Å². The first-order chi connectivity index (χ1) is 7.80. The number of hydrogen-bond acceptors (Lipinski definition) is 3. The van der Waals surface area contributed by atoms with Crippen molar-refractivity contribution in [1.82, 2.24) is 4.90 Å². The standard InChI is InChI=1S/C13H21NO2/c1-4-14(11-13(15-2)16-3)10-12-8-6-5-7-9-12/h5-9,13H,4,10-11H2,1-3H3. The molecule has 0 aliphatic rings. The zero-order valence-electron chi connectivity index (χ0n) is 10.3. The summed E-state index contributed by atoms with van der Waals surface area (Å²) >= 11 is 0. The molecule has 3 nitrogen and oxygen atoms in total. The van der Waals surface area contributed by atoms with E-state index < -0.39 is 0 Å². The van der Waals surface area contributed by atoms with Crippen LogP contribution in [0.25, 0.3) is 0 Å². The first-order valence-corrected chi connectivity index (χ1v) is 5.62. The molecule has 0 N–H and O–H groups in total.